The van der Waals surface area contributed by atoms with Gasteiger partial charge in [-0.3, -0.25) is 9.59 Å². The van der Waals surface area contributed by atoms with Crippen LogP contribution in [0.15, 0.2) is 41.6 Å². The van der Waals surface area contributed by atoms with Gasteiger partial charge in [0.2, 0.25) is 5.91 Å². The van der Waals surface area contributed by atoms with E-state index in [1.54, 1.807) is 0 Å². The second-order valence-corrected chi connectivity index (χ2v) is 9.25. The Hall–Kier alpha value is -3.61. The van der Waals surface area contributed by atoms with E-state index >= 15 is 0 Å². The van der Waals surface area contributed by atoms with Crippen LogP contribution in [0.4, 0.5) is 26.3 Å². The van der Waals surface area contributed by atoms with Gasteiger partial charge in [0.15, 0.2) is 0 Å². The zero-order valence-electron chi connectivity index (χ0n) is 19.5. The van der Waals surface area contributed by atoms with Crippen LogP contribution >= 0.6 is 11.6 Å². The monoisotopic (exact) mass is 561 g/mol. The molecule has 2 aromatic rings. The molecule has 0 aliphatic carbocycles. The molecule has 7 nitrogen and oxygen atoms in total. The number of carbonyl (C=O) groups is 3. The first kappa shape index (κ1) is 27.4. The second-order valence-electron chi connectivity index (χ2n) is 8.81. The van der Waals surface area contributed by atoms with E-state index in [1.165, 1.54) is 34.9 Å². The highest BCUT2D eigenvalue weighted by Crippen LogP contribution is 2.50. The molecule has 1 saturated heterocycles. The average molecular weight is 562 g/mol. The zero-order valence-corrected chi connectivity index (χ0v) is 20.2. The standard InChI is InChI=1S/C24H18ClF6N3O4/c1-13-6-14(2-3-18(13)21(37)34-11-20(36)33(12-34)4-5-35)19-10-22(38-32-19,24(29,30)31)15-7-16(23(26,27)28)9-17(25)8-15/h2-3,5-9H,4,10-12H2,1H3. The molecule has 2 aliphatic rings. The largest absolute Gasteiger partial charge is 0.435 e. The van der Waals surface area contributed by atoms with E-state index in [2.05, 4.69) is 5.16 Å². The van der Waals surface area contributed by atoms with E-state index in [-0.39, 0.29) is 36.6 Å². The number of aldehydes is 1. The third kappa shape index (κ3) is 4.94. The van der Waals surface area contributed by atoms with E-state index in [9.17, 15) is 40.7 Å². The molecule has 0 aromatic heterocycles. The van der Waals surface area contributed by atoms with Crippen LogP contribution in [-0.4, -0.2) is 59.5 Å². The Bertz CT molecular complexity index is 1340. The van der Waals surface area contributed by atoms with Gasteiger partial charge in [0.05, 0.1) is 24.5 Å². The lowest BCUT2D eigenvalue weighted by molar-refractivity contribution is -0.276. The van der Waals surface area contributed by atoms with Crippen molar-refractivity contribution in [2.45, 2.75) is 31.3 Å². The molecular weight excluding hydrogens is 544 g/mol. The van der Waals surface area contributed by atoms with Crippen LogP contribution in [0.2, 0.25) is 5.02 Å². The predicted octanol–water partition coefficient (Wildman–Crippen LogP) is 4.69. The third-order valence-electron chi connectivity index (χ3n) is 6.27. The molecular formula is C24H18ClF6N3O4. The van der Waals surface area contributed by atoms with Crippen molar-refractivity contribution in [2.75, 3.05) is 19.8 Å². The van der Waals surface area contributed by atoms with Crippen LogP contribution in [0.25, 0.3) is 0 Å². The summed E-state index contributed by atoms with van der Waals surface area (Å²) in [6.45, 7) is 1.03. The highest BCUT2D eigenvalue weighted by Gasteiger charge is 2.62. The summed E-state index contributed by atoms with van der Waals surface area (Å²) in [5.74, 6) is -0.931. The van der Waals surface area contributed by atoms with Crippen molar-refractivity contribution in [3.8, 4) is 0 Å². The van der Waals surface area contributed by atoms with Gasteiger partial charge in [0.25, 0.3) is 11.5 Å². The molecule has 2 aliphatic heterocycles. The quantitative estimate of drug-likeness (QED) is 0.392. The van der Waals surface area contributed by atoms with Crippen molar-refractivity contribution in [3.05, 3.63) is 69.2 Å². The van der Waals surface area contributed by atoms with E-state index in [0.717, 1.165) is 6.07 Å². The van der Waals surface area contributed by atoms with Gasteiger partial charge in [-0.1, -0.05) is 22.8 Å². The number of alkyl halides is 6. The number of hydrogen-bond acceptors (Lipinski definition) is 5. The number of oxime groups is 1. The smallest absolute Gasteiger partial charge is 0.374 e. The lowest BCUT2D eigenvalue weighted by Gasteiger charge is -2.30. The highest BCUT2D eigenvalue weighted by molar-refractivity contribution is 6.30. The van der Waals surface area contributed by atoms with Crippen LogP contribution in [-0.2, 0) is 26.2 Å². The Balaban J connectivity index is 1.62. The van der Waals surface area contributed by atoms with Crippen molar-refractivity contribution < 1.29 is 45.6 Å². The highest BCUT2D eigenvalue weighted by atomic mass is 35.5. The molecule has 0 saturated carbocycles. The summed E-state index contributed by atoms with van der Waals surface area (Å²) in [4.78, 5) is 42.8. The first-order valence-corrected chi connectivity index (χ1v) is 11.4. The number of halogens is 7. The molecule has 2 heterocycles. The molecule has 0 N–H and O–H groups in total. The molecule has 0 spiro atoms. The van der Waals surface area contributed by atoms with Gasteiger partial charge in [-0.05, 0) is 48.4 Å². The van der Waals surface area contributed by atoms with Crippen LogP contribution in [0.3, 0.4) is 0 Å². The van der Waals surface area contributed by atoms with Crippen molar-refractivity contribution in [1.82, 2.24) is 9.80 Å². The fourth-order valence-electron chi connectivity index (χ4n) is 4.28. The first-order chi connectivity index (χ1) is 17.7. The molecule has 0 radical (unpaired) electrons. The summed E-state index contributed by atoms with van der Waals surface area (Å²) in [5.41, 5.74) is -4.97. The van der Waals surface area contributed by atoms with Gasteiger partial charge >= 0.3 is 12.4 Å². The van der Waals surface area contributed by atoms with Crippen molar-refractivity contribution in [2.24, 2.45) is 5.16 Å². The lowest BCUT2D eigenvalue weighted by Crippen LogP contribution is -2.43. The molecule has 1 fully saturated rings. The third-order valence-corrected chi connectivity index (χ3v) is 6.49. The van der Waals surface area contributed by atoms with Gasteiger partial charge in [0, 0.05) is 22.6 Å². The number of rotatable bonds is 5. The molecule has 14 heteroatoms. The van der Waals surface area contributed by atoms with Crippen molar-refractivity contribution >= 4 is 35.4 Å². The predicted molar refractivity (Wildman–Crippen MR) is 121 cm³/mol. The van der Waals surface area contributed by atoms with E-state index in [0.29, 0.717) is 24.0 Å². The summed E-state index contributed by atoms with van der Waals surface area (Å²) in [6.07, 6.45) is -10.5. The van der Waals surface area contributed by atoms with Crippen molar-refractivity contribution in [1.29, 1.82) is 0 Å². The molecule has 0 bridgehead atoms. The molecule has 38 heavy (non-hydrogen) atoms. The normalized spacial score (nSPS) is 20.0. The minimum atomic E-state index is -5.16. The Kier molecular flexibility index (Phi) is 6.93. The van der Waals surface area contributed by atoms with Gasteiger partial charge in [-0.25, -0.2) is 0 Å². The summed E-state index contributed by atoms with van der Waals surface area (Å²) >= 11 is 5.72. The SMILES string of the molecule is Cc1cc(C2=NOC(c3cc(Cl)cc(C(F)(F)F)c3)(C(F)(F)F)C2)ccc1C(=O)N1CC(=O)N(CC=O)C1. The minimum Gasteiger partial charge on any atom is -0.374 e. The Morgan fingerprint density at radius 3 is 2.47 bits per heavy atom. The number of amides is 2. The number of nitrogens with zero attached hydrogens (tertiary/aromatic N) is 3. The number of hydrogen-bond donors (Lipinski definition) is 0. The zero-order chi connectivity index (χ0) is 28.0. The Morgan fingerprint density at radius 1 is 1.16 bits per heavy atom. The molecule has 1 atom stereocenters. The van der Waals surface area contributed by atoms with Crippen LogP contribution in [0.1, 0.15) is 39.0 Å². The van der Waals surface area contributed by atoms with Crippen LogP contribution in [0, 0.1) is 6.92 Å². The lowest BCUT2D eigenvalue weighted by atomic mass is 9.85. The van der Waals surface area contributed by atoms with Gasteiger partial charge < -0.3 is 19.4 Å². The first-order valence-electron chi connectivity index (χ1n) is 11.0. The molecule has 4 rings (SSSR count). The summed E-state index contributed by atoms with van der Waals surface area (Å²) in [6, 6.07) is 5.66. The maximum absolute atomic E-state index is 14.3. The fourth-order valence-corrected chi connectivity index (χ4v) is 4.52. The van der Waals surface area contributed by atoms with Crippen molar-refractivity contribution in [3.63, 3.8) is 0 Å². The van der Waals surface area contributed by atoms with Crippen LogP contribution in [0.5, 0.6) is 0 Å². The van der Waals surface area contributed by atoms with Gasteiger partial charge in [-0.15, -0.1) is 0 Å². The summed E-state index contributed by atoms with van der Waals surface area (Å²) in [5, 5.41) is 3.00. The number of benzene rings is 2. The van der Waals surface area contributed by atoms with E-state index < -0.39 is 52.3 Å². The topological polar surface area (TPSA) is 79.3 Å². The Morgan fingerprint density at radius 2 is 1.87 bits per heavy atom. The maximum atomic E-state index is 14.3. The van der Waals surface area contributed by atoms with E-state index in [4.69, 9.17) is 16.4 Å². The number of carbonyl (C=O) groups excluding carboxylic acids is 3. The summed E-state index contributed by atoms with van der Waals surface area (Å²) in [7, 11) is 0. The number of aryl methyl sites for hydroxylation is 1. The van der Waals surface area contributed by atoms with E-state index in [1.807, 2.05) is 0 Å². The molecule has 202 valence electrons. The summed E-state index contributed by atoms with van der Waals surface area (Å²) < 4.78 is 82.6. The average Bonchev–Trinajstić information content (AvgIpc) is 3.43. The Labute approximate surface area is 216 Å². The molecule has 2 amide bonds. The fraction of sp³-hybridized carbons (Fsp3) is 0.333. The van der Waals surface area contributed by atoms with Gasteiger partial charge in [-0.2, -0.15) is 26.3 Å². The maximum Gasteiger partial charge on any atom is 0.435 e. The van der Waals surface area contributed by atoms with Gasteiger partial charge in [0.1, 0.15) is 12.8 Å². The molecule has 1 unspecified atom stereocenters. The van der Waals surface area contributed by atoms with Crippen LogP contribution < -0.4 is 0 Å². The second kappa shape index (κ2) is 9.61. The molecule has 2 aromatic carbocycles. The minimum absolute atomic E-state index is 0.0915.